The van der Waals surface area contributed by atoms with Gasteiger partial charge in [-0.3, -0.25) is 9.78 Å². The number of fused-ring (bicyclic) bond motifs is 1. The van der Waals surface area contributed by atoms with Crippen molar-refractivity contribution in [3.63, 3.8) is 0 Å². The summed E-state index contributed by atoms with van der Waals surface area (Å²) in [6.45, 7) is 2.17. The summed E-state index contributed by atoms with van der Waals surface area (Å²) in [7, 11) is -3.47. The lowest BCUT2D eigenvalue weighted by atomic mass is 10.2. The van der Waals surface area contributed by atoms with Gasteiger partial charge in [-0.1, -0.05) is 18.9 Å². The average molecular weight is 441 g/mol. The van der Waals surface area contributed by atoms with Crippen LogP contribution in [-0.2, 0) is 27.9 Å². The largest absolute Gasteiger partial charge is 0.352 e. The van der Waals surface area contributed by atoms with E-state index in [0.29, 0.717) is 37.5 Å². The first-order chi connectivity index (χ1) is 15.0. The Labute approximate surface area is 183 Å². The number of benzene rings is 1. The van der Waals surface area contributed by atoms with Crippen molar-refractivity contribution in [1.82, 2.24) is 19.2 Å². The van der Waals surface area contributed by atoms with Crippen LogP contribution in [0.3, 0.4) is 0 Å². The van der Waals surface area contributed by atoms with Gasteiger partial charge < -0.3 is 9.88 Å². The Balaban J connectivity index is 1.41. The van der Waals surface area contributed by atoms with Gasteiger partial charge in [-0.2, -0.15) is 4.31 Å². The molecule has 1 fully saturated rings. The fraction of sp³-hybridized carbons (Fsp3) is 0.391. The van der Waals surface area contributed by atoms with Crippen LogP contribution in [0.25, 0.3) is 10.9 Å². The lowest BCUT2D eigenvalue weighted by molar-refractivity contribution is -0.121. The van der Waals surface area contributed by atoms with E-state index in [1.807, 2.05) is 35.0 Å². The molecule has 0 spiro atoms. The van der Waals surface area contributed by atoms with Crippen molar-refractivity contribution in [2.24, 2.45) is 0 Å². The van der Waals surface area contributed by atoms with Crippen molar-refractivity contribution in [1.29, 1.82) is 0 Å². The number of carbonyl (C=O) groups excluding carboxylic acids is 1. The normalized spacial score (nSPS) is 15.6. The third-order valence-corrected chi connectivity index (χ3v) is 7.63. The molecule has 3 heterocycles. The van der Waals surface area contributed by atoms with Crippen molar-refractivity contribution in [3.8, 4) is 0 Å². The summed E-state index contributed by atoms with van der Waals surface area (Å²) in [4.78, 5) is 16.6. The Hall–Kier alpha value is -2.71. The van der Waals surface area contributed by atoms with E-state index < -0.39 is 10.0 Å². The van der Waals surface area contributed by atoms with Crippen LogP contribution in [0, 0.1) is 0 Å². The second-order valence-electron chi connectivity index (χ2n) is 7.94. The fourth-order valence-corrected chi connectivity index (χ4v) is 5.53. The zero-order valence-corrected chi connectivity index (χ0v) is 18.4. The molecule has 2 aromatic heterocycles. The predicted octanol–water partition coefficient (Wildman–Crippen LogP) is 3.31. The molecule has 1 aliphatic rings. The van der Waals surface area contributed by atoms with Gasteiger partial charge in [0.2, 0.25) is 15.9 Å². The quantitative estimate of drug-likeness (QED) is 0.611. The van der Waals surface area contributed by atoms with Crippen LogP contribution in [0.5, 0.6) is 0 Å². The molecule has 4 rings (SSSR count). The van der Waals surface area contributed by atoms with E-state index in [9.17, 15) is 13.2 Å². The Kier molecular flexibility index (Phi) is 6.67. The smallest absolute Gasteiger partial charge is 0.243 e. The maximum absolute atomic E-state index is 13.1. The molecule has 164 valence electrons. The number of amides is 1. The summed E-state index contributed by atoms with van der Waals surface area (Å²) in [5.41, 5.74) is 1.88. The molecule has 1 saturated heterocycles. The van der Waals surface area contributed by atoms with E-state index >= 15 is 0 Å². The summed E-state index contributed by atoms with van der Waals surface area (Å²) in [5, 5.41) is 3.77. The first-order valence-corrected chi connectivity index (χ1v) is 12.2. The highest BCUT2D eigenvalue weighted by Gasteiger charge is 2.25. The maximum Gasteiger partial charge on any atom is 0.243 e. The molecule has 0 unspecified atom stereocenters. The Morgan fingerprint density at radius 3 is 2.61 bits per heavy atom. The minimum atomic E-state index is -3.47. The summed E-state index contributed by atoms with van der Waals surface area (Å²) >= 11 is 0. The van der Waals surface area contributed by atoms with Gasteiger partial charge in [0.15, 0.2) is 0 Å². The molecule has 0 aliphatic carbocycles. The van der Waals surface area contributed by atoms with Gasteiger partial charge in [0.1, 0.15) is 0 Å². The number of carbonyl (C=O) groups is 1. The van der Waals surface area contributed by atoms with Gasteiger partial charge in [-0.25, -0.2) is 8.42 Å². The fourth-order valence-electron chi connectivity index (χ4n) is 3.98. The molecule has 31 heavy (non-hydrogen) atoms. The highest BCUT2D eigenvalue weighted by molar-refractivity contribution is 7.89. The van der Waals surface area contributed by atoms with Gasteiger partial charge in [-0.05, 0) is 48.7 Å². The molecule has 0 radical (unpaired) electrons. The lowest BCUT2D eigenvalue weighted by Crippen LogP contribution is -2.31. The van der Waals surface area contributed by atoms with Crippen LogP contribution in [0.1, 0.15) is 37.7 Å². The lowest BCUT2D eigenvalue weighted by Gasteiger charge is -2.20. The van der Waals surface area contributed by atoms with Gasteiger partial charge >= 0.3 is 0 Å². The molecule has 1 aliphatic heterocycles. The number of aryl methyl sites for hydroxylation is 1. The Morgan fingerprint density at radius 2 is 1.87 bits per heavy atom. The standard InChI is InChI=1S/C23H28N4O3S/c28-23(25-18-19-6-5-11-24-17-19)10-15-26-14-9-20-16-21(7-8-22(20)26)31(29,30)27-12-3-1-2-4-13-27/h5-9,11,14,16-17H,1-4,10,12-13,15,18H2,(H,25,28). The number of sulfonamides is 1. The zero-order chi connectivity index (χ0) is 21.7. The first kappa shape index (κ1) is 21.5. The summed E-state index contributed by atoms with van der Waals surface area (Å²) in [5.74, 6) is -0.0361. The monoisotopic (exact) mass is 440 g/mol. The maximum atomic E-state index is 13.1. The molecule has 8 heteroatoms. The number of rotatable bonds is 7. The van der Waals surface area contributed by atoms with Crippen molar-refractivity contribution < 1.29 is 13.2 Å². The minimum Gasteiger partial charge on any atom is -0.352 e. The number of nitrogens with one attached hydrogen (secondary N) is 1. The van der Waals surface area contributed by atoms with E-state index in [4.69, 9.17) is 0 Å². The molecule has 1 aromatic carbocycles. The summed E-state index contributed by atoms with van der Waals surface area (Å²) in [6.07, 6.45) is 9.69. The summed E-state index contributed by atoms with van der Waals surface area (Å²) < 4.78 is 29.7. The van der Waals surface area contributed by atoms with Crippen molar-refractivity contribution in [2.75, 3.05) is 13.1 Å². The molecular weight excluding hydrogens is 412 g/mol. The van der Waals surface area contributed by atoms with E-state index in [0.717, 1.165) is 42.1 Å². The Morgan fingerprint density at radius 1 is 1.06 bits per heavy atom. The van der Waals surface area contributed by atoms with Crippen molar-refractivity contribution in [3.05, 3.63) is 60.6 Å². The second-order valence-corrected chi connectivity index (χ2v) is 9.87. The highest BCUT2D eigenvalue weighted by Crippen LogP contribution is 2.25. The molecule has 0 atom stereocenters. The molecular formula is C23H28N4O3S. The Bertz CT molecular complexity index is 1130. The van der Waals surface area contributed by atoms with Crippen molar-refractivity contribution in [2.45, 2.75) is 50.1 Å². The highest BCUT2D eigenvalue weighted by atomic mass is 32.2. The third-order valence-electron chi connectivity index (χ3n) is 5.74. The summed E-state index contributed by atoms with van der Waals surface area (Å²) in [6, 6.07) is 10.9. The molecule has 0 bridgehead atoms. The number of pyridine rings is 1. The van der Waals surface area contributed by atoms with E-state index in [1.165, 1.54) is 0 Å². The van der Waals surface area contributed by atoms with Crippen molar-refractivity contribution >= 4 is 26.8 Å². The van der Waals surface area contributed by atoms with Gasteiger partial charge in [0.05, 0.1) is 4.90 Å². The molecule has 7 nitrogen and oxygen atoms in total. The number of hydrogen-bond acceptors (Lipinski definition) is 4. The topological polar surface area (TPSA) is 84.3 Å². The van der Waals surface area contributed by atoms with Gasteiger partial charge in [0.25, 0.3) is 0 Å². The molecule has 1 N–H and O–H groups in total. The number of nitrogens with zero attached hydrogens (tertiary/aromatic N) is 3. The zero-order valence-electron chi connectivity index (χ0n) is 17.5. The minimum absolute atomic E-state index is 0.0361. The van der Waals surface area contributed by atoms with Crippen LogP contribution in [0.15, 0.2) is 59.9 Å². The van der Waals surface area contributed by atoms with Crippen LogP contribution >= 0.6 is 0 Å². The van der Waals surface area contributed by atoms with E-state index in [1.54, 1.807) is 28.8 Å². The SMILES string of the molecule is O=C(CCn1ccc2cc(S(=O)(=O)N3CCCCCC3)ccc21)NCc1cccnc1. The number of hydrogen-bond donors (Lipinski definition) is 1. The van der Waals surface area contributed by atoms with Gasteiger partial charge in [0, 0.05) is 62.1 Å². The third kappa shape index (κ3) is 5.14. The molecule has 3 aromatic rings. The van der Waals surface area contributed by atoms with Crippen LogP contribution in [0.4, 0.5) is 0 Å². The van der Waals surface area contributed by atoms with Gasteiger partial charge in [-0.15, -0.1) is 0 Å². The molecule has 1 amide bonds. The second kappa shape index (κ2) is 9.62. The van der Waals surface area contributed by atoms with Crippen LogP contribution in [-0.4, -0.2) is 41.3 Å². The first-order valence-electron chi connectivity index (χ1n) is 10.8. The van der Waals surface area contributed by atoms with E-state index in [2.05, 4.69) is 10.3 Å². The van der Waals surface area contributed by atoms with Crippen LogP contribution < -0.4 is 5.32 Å². The average Bonchev–Trinajstić information content (AvgIpc) is 2.99. The number of aromatic nitrogens is 2. The van der Waals surface area contributed by atoms with Crippen LogP contribution in [0.2, 0.25) is 0 Å². The van der Waals surface area contributed by atoms with E-state index in [-0.39, 0.29) is 5.91 Å². The predicted molar refractivity (Wildman–Crippen MR) is 120 cm³/mol. The molecule has 0 saturated carbocycles.